The number of likely N-dealkylation sites (tertiary alicyclic amines) is 1. The Labute approximate surface area is 254 Å². The number of fused-ring (bicyclic) bond motifs is 7. The fourth-order valence-electron chi connectivity index (χ4n) is 13.9. The Bertz CT molecular complexity index is 998. The van der Waals surface area contributed by atoms with Gasteiger partial charge in [-0.05, 0) is 174 Å². The molecule has 234 valence electrons. The molecule has 5 saturated carbocycles. The van der Waals surface area contributed by atoms with Gasteiger partial charge in [0.05, 0.1) is 6.10 Å². The van der Waals surface area contributed by atoms with Gasteiger partial charge in [0, 0.05) is 12.1 Å². The van der Waals surface area contributed by atoms with Crippen molar-refractivity contribution in [1.82, 2.24) is 10.2 Å². The Morgan fingerprint density at radius 1 is 0.854 bits per heavy atom. The summed E-state index contributed by atoms with van der Waals surface area (Å²) in [5.74, 6) is 3.81. The number of aliphatic hydroxyl groups is 1. The van der Waals surface area contributed by atoms with Crippen molar-refractivity contribution >= 4 is 0 Å². The minimum atomic E-state index is -0.132. The lowest BCUT2D eigenvalue weighted by Crippen LogP contribution is -2.66. The van der Waals surface area contributed by atoms with Gasteiger partial charge in [-0.25, -0.2) is 0 Å². The van der Waals surface area contributed by atoms with Crippen LogP contribution in [-0.4, -0.2) is 48.3 Å². The molecular formula is C38H66N2O. The van der Waals surface area contributed by atoms with Gasteiger partial charge in [-0.3, -0.25) is 0 Å². The Hall–Kier alpha value is -0.380. The molecule has 1 unspecified atom stereocenters. The van der Waals surface area contributed by atoms with Crippen LogP contribution in [0.2, 0.25) is 0 Å². The third-order valence-electron chi connectivity index (χ3n) is 16.2. The SMILES string of the molecule is C=C(C)[C@@H]1CC[C@]2(CC(C)NC3CCN(C)CC3)CC[C@]3(C)[C@H](CC[C@@H]4[C@@]5(C)CC[C@H](O)C(C)(C)[C@@H]5CC[C@]43C)[C@@H]12. The highest BCUT2D eigenvalue weighted by molar-refractivity contribution is 5.21. The number of aliphatic hydroxyl groups excluding tert-OH is 1. The minimum Gasteiger partial charge on any atom is -0.393 e. The molecule has 1 aliphatic heterocycles. The third-order valence-corrected chi connectivity index (χ3v) is 16.2. The summed E-state index contributed by atoms with van der Waals surface area (Å²) in [4.78, 5) is 2.50. The van der Waals surface area contributed by atoms with Gasteiger partial charge in [0.2, 0.25) is 0 Å². The maximum atomic E-state index is 11.1. The highest BCUT2D eigenvalue weighted by Crippen LogP contribution is 2.78. The number of piperidine rings is 1. The molecule has 2 N–H and O–H groups in total. The average molecular weight is 567 g/mol. The molecule has 6 rings (SSSR count). The van der Waals surface area contributed by atoms with Gasteiger partial charge in [-0.15, -0.1) is 0 Å². The van der Waals surface area contributed by atoms with Gasteiger partial charge >= 0.3 is 0 Å². The maximum absolute atomic E-state index is 11.1. The van der Waals surface area contributed by atoms with Crippen LogP contribution in [0.25, 0.3) is 0 Å². The molecule has 11 atom stereocenters. The molecule has 0 radical (unpaired) electrons. The molecule has 1 heterocycles. The standard InChI is InChI=1S/C38H66N2O/c1-25(2)28-12-19-38(24-26(3)39-27-15-22-40(9)23-16-27)21-20-36(7)29(33(28)38)10-11-31-35(6)17-14-32(41)34(4,5)30(35)13-18-37(31,36)8/h26-33,39,41H,1,10-24H2,2-9H3/t26?,28-,29+,30-,31+,32-,33+,35-,36+,37+,38+/m0/s1. The summed E-state index contributed by atoms with van der Waals surface area (Å²) in [6.45, 7) is 25.0. The Balaban J connectivity index is 1.28. The largest absolute Gasteiger partial charge is 0.393 e. The predicted molar refractivity (Wildman–Crippen MR) is 173 cm³/mol. The lowest BCUT2D eigenvalue weighted by molar-refractivity contribution is -0.248. The average Bonchev–Trinajstić information content (AvgIpc) is 3.28. The van der Waals surface area contributed by atoms with Crippen LogP contribution in [0.1, 0.15) is 132 Å². The Kier molecular flexibility index (Phi) is 7.72. The molecule has 6 fully saturated rings. The number of nitrogens with zero attached hydrogens (tertiary/aromatic N) is 1. The van der Waals surface area contributed by atoms with Gasteiger partial charge in [0.15, 0.2) is 0 Å². The minimum absolute atomic E-state index is 0.0428. The fraction of sp³-hybridized carbons (Fsp3) is 0.947. The van der Waals surface area contributed by atoms with Crippen molar-refractivity contribution in [2.45, 2.75) is 150 Å². The van der Waals surface area contributed by atoms with Crippen LogP contribution in [-0.2, 0) is 0 Å². The summed E-state index contributed by atoms with van der Waals surface area (Å²) < 4.78 is 0. The lowest BCUT2D eigenvalue weighted by Gasteiger charge is -2.73. The first-order valence-electron chi connectivity index (χ1n) is 18.0. The van der Waals surface area contributed by atoms with Crippen molar-refractivity contribution < 1.29 is 5.11 Å². The number of hydrogen-bond donors (Lipinski definition) is 2. The van der Waals surface area contributed by atoms with Gasteiger partial charge < -0.3 is 15.3 Å². The molecule has 0 spiro atoms. The van der Waals surface area contributed by atoms with E-state index in [9.17, 15) is 5.11 Å². The molecule has 3 nitrogen and oxygen atoms in total. The van der Waals surface area contributed by atoms with Gasteiger partial charge in [-0.2, -0.15) is 0 Å². The smallest absolute Gasteiger partial charge is 0.0594 e. The molecule has 6 aliphatic rings. The Morgan fingerprint density at radius 3 is 2.24 bits per heavy atom. The number of rotatable bonds is 5. The molecule has 0 amide bonds. The summed E-state index contributed by atoms with van der Waals surface area (Å²) in [5.41, 5.74) is 3.21. The van der Waals surface area contributed by atoms with E-state index in [1.165, 1.54) is 95.7 Å². The van der Waals surface area contributed by atoms with Crippen molar-refractivity contribution in [2.24, 2.45) is 56.7 Å². The van der Waals surface area contributed by atoms with Crippen LogP contribution in [0.3, 0.4) is 0 Å². The highest BCUT2D eigenvalue weighted by atomic mass is 16.3. The van der Waals surface area contributed by atoms with Crippen molar-refractivity contribution in [3.8, 4) is 0 Å². The zero-order valence-electron chi connectivity index (χ0n) is 28.3. The van der Waals surface area contributed by atoms with Crippen LogP contribution in [0.15, 0.2) is 12.2 Å². The second-order valence-electron chi connectivity index (χ2n) is 18.3. The van der Waals surface area contributed by atoms with Crippen molar-refractivity contribution in [3.05, 3.63) is 12.2 Å². The third kappa shape index (κ3) is 4.50. The molecular weight excluding hydrogens is 500 g/mol. The van der Waals surface area contributed by atoms with Gasteiger partial charge in [-0.1, -0.05) is 46.8 Å². The van der Waals surface area contributed by atoms with Crippen LogP contribution in [0.4, 0.5) is 0 Å². The van der Waals surface area contributed by atoms with E-state index < -0.39 is 0 Å². The van der Waals surface area contributed by atoms with Gasteiger partial charge in [0.1, 0.15) is 0 Å². The van der Waals surface area contributed by atoms with E-state index in [4.69, 9.17) is 0 Å². The van der Waals surface area contributed by atoms with E-state index in [2.05, 4.69) is 72.3 Å². The van der Waals surface area contributed by atoms with E-state index in [1.807, 2.05) is 0 Å². The van der Waals surface area contributed by atoms with Crippen LogP contribution in [0, 0.1) is 56.7 Å². The molecule has 0 aromatic carbocycles. The van der Waals surface area contributed by atoms with E-state index in [0.717, 1.165) is 24.2 Å². The Morgan fingerprint density at radius 2 is 1.56 bits per heavy atom. The predicted octanol–water partition coefficient (Wildman–Crippen LogP) is 8.47. The molecule has 0 bridgehead atoms. The number of allylic oxidation sites excluding steroid dienone is 1. The molecule has 0 aromatic rings. The van der Waals surface area contributed by atoms with Crippen molar-refractivity contribution in [2.75, 3.05) is 20.1 Å². The summed E-state index contributed by atoms with van der Waals surface area (Å²) in [6.07, 6.45) is 17.2. The fourth-order valence-corrected chi connectivity index (χ4v) is 13.9. The number of nitrogens with one attached hydrogen (secondary N) is 1. The summed E-state index contributed by atoms with van der Waals surface area (Å²) in [6, 6.07) is 1.31. The number of hydrogen-bond acceptors (Lipinski definition) is 3. The second kappa shape index (κ2) is 10.3. The van der Waals surface area contributed by atoms with Crippen LogP contribution in [0.5, 0.6) is 0 Å². The highest BCUT2D eigenvalue weighted by Gasteiger charge is 2.70. The first kappa shape index (κ1) is 30.6. The topological polar surface area (TPSA) is 35.5 Å². The van der Waals surface area contributed by atoms with E-state index >= 15 is 0 Å². The first-order valence-corrected chi connectivity index (χ1v) is 18.0. The monoisotopic (exact) mass is 567 g/mol. The van der Waals surface area contributed by atoms with Crippen molar-refractivity contribution in [3.63, 3.8) is 0 Å². The van der Waals surface area contributed by atoms with Crippen LogP contribution >= 0.6 is 0 Å². The second-order valence-corrected chi connectivity index (χ2v) is 18.3. The summed E-state index contributed by atoms with van der Waals surface area (Å²) in [5, 5.41) is 15.2. The molecule has 1 saturated heterocycles. The van der Waals surface area contributed by atoms with Gasteiger partial charge in [0.25, 0.3) is 0 Å². The van der Waals surface area contributed by atoms with Crippen LogP contribution < -0.4 is 5.32 Å². The molecule has 5 aliphatic carbocycles. The maximum Gasteiger partial charge on any atom is 0.0594 e. The quantitative estimate of drug-likeness (QED) is 0.328. The van der Waals surface area contributed by atoms with E-state index in [1.54, 1.807) is 0 Å². The normalized spacial score (nSPS) is 50.8. The zero-order valence-corrected chi connectivity index (χ0v) is 28.3. The van der Waals surface area contributed by atoms with E-state index in [-0.39, 0.29) is 11.5 Å². The summed E-state index contributed by atoms with van der Waals surface area (Å²) >= 11 is 0. The molecule has 3 heteroatoms. The molecule has 0 aromatic heterocycles. The van der Waals surface area contributed by atoms with E-state index in [0.29, 0.717) is 45.6 Å². The van der Waals surface area contributed by atoms with Crippen molar-refractivity contribution in [1.29, 1.82) is 0 Å². The zero-order chi connectivity index (χ0) is 29.6. The first-order chi connectivity index (χ1) is 19.2. The molecule has 41 heavy (non-hydrogen) atoms. The lowest BCUT2D eigenvalue weighted by atomic mass is 9.32. The summed E-state index contributed by atoms with van der Waals surface area (Å²) in [7, 11) is 2.28.